The number of rotatable bonds is 6. The highest BCUT2D eigenvalue weighted by Gasteiger charge is 2.48. The summed E-state index contributed by atoms with van der Waals surface area (Å²) in [5, 5.41) is 21.4. The summed E-state index contributed by atoms with van der Waals surface area (Å²) >= 11 is 0. The lowest BCUT2D eigenvalue weighted by Gasteiger charge is -2.16. The minimum atomic E-state index is -2.76. The van der Waals surface area contributed by atoms with E-state index in [1.165, 1.54) is 23.4 Å². The fourth-order valence-corrected chi connectivity index (χ4v) is 3.78. The minimum Gasteiger partial charge on any atom is -0.373 e. The standard InChI is InChI=1S/C22H20F2N8O3/c1-12-17(11-32(29-12)20(23)24)28-21-25-8-6-15(27-21)13-4-3-5-14(26-13)16-10-18(35-30-16)22(34)7-9-31(2)19(22)33/h3-6,8,10-11,20,34H,7,9H2,1-2H3,(H,25,27,28)/t22-/m1/s1. The van der Waals surface area contributed by atoms with Gasteiger partial charge in [-0.25, -0.2) is 19.6 Å². The van der Waals surface area contributed by atoms with Crippen molar-refractivity contribution < 1.29 is 23.2 Å². The number of aryl methyl sites for hydroxylation is 1. The number of amides is 1. The topological polar surface area (TPSA) is 135 Å². The van der Waals surface area contributed by atoms with E-state index in [4.69, 9.17) is 4.52 Å². The van der Waals surface area contributed by atoms with Crippen molar-refractivity contribution in [3.05, 3.63) is 54.2 Å². The molecular formula is C22H20F2N8O3. The zero-order valence-electron chi connectivity index (χ0n) is 18.7. The lowest BCUT2D eigenvalue weighted by Crippen LogP contribution is -2.35. The van der Waals surface area contributed by atoms with Crippen LogP contribution in [0.5, 0.6) is 0 Å². The van der Waals surface area contributed by atoms with Gasteiger partial charge in [0.05, 0.1) is 34.7 Å². The maximum atomic E-state index is 12.9. The second kappa shape index (κ2) is 8.51. The summed E-state index contributed by atoms with van der Waals surface area (Å²) in [4.78, 5) is 26.9. The monoisotopic (exact) mass is 482 g/mol. The van der Waals surface area contributed by atoms with Gasteiger partial charge in [0, 0.05) is 32.3 Å². The van der Waals surface area contributed by atoms with Crippen LogP contribution in [0.25, 0.3) is 22.8 Å². The number of hydrogen-bond acceptors (Lipinski definition) is 9. The molecule has 0 aliphatic carbocycles. The molecule has 1 saturated heterocycles. The number of carbonyl (C=O) groups excluding carboxylic acids is 1. The Hall–Kier alpha value is -4.26. The number of alkyl halides is 2. The van der Waals surface area contributed by atoms with E-state index in [2.05, 4.69) is 30.5 Å². The number of likely N-dealkylation sites (N-methyl/N-ethyl adjacent to an activating group) is 1. The van der Waals surface area contributed by atoms with Crippen LogP contribution in [0.2, 0.25) is 0 Å². The number of aliphatic hydroxyl groups is 1. The Labute approximate surface area is 197 Å². The van der Waals surface area contributed by atoms with Crippen molar-refractivity contribution in [2.75, 3.05) is 18.9 Å². The fraction of sp³-hybridized carbons (Fsp3) is 0.273. The van der Waals surface area contributed by atoms with Gasteiger partial charge in [0.2, 0.25) is 11.5 Å². The van der Waals surface area contributed by atoms with Crippen LogP contribution in [0.15, 0.2) is 47.2 Å². The molecule has 13 heteroatoms. The third kappa shape index (κ3) is 4.10. The first kappa shape index (κ1) is 22.5. The minimum absolute atomic E-state index is 0.0577. The van der Waals surface area contributed by atoms with E-state index in [0.717, 1.165) is 0 Å². The molecule has 1 amide bonds. The van der Waals surface area contributed by atoms with Crippen LogP contribution in [0.3, 0.4) is 0 Å². The van der Waals surface area contributed by atoms with Crippen LogP contribution in [-0.4, -0.2) is 59.4 Å². The maximum Gasteiger partial charge on any atom is 0.333 e. The van der Waals surface area contributed by atoms with Crippen molar-refractivity contribution in [2.45, 2.75) is 25.5 Å². The molecule has 1 atom stereocenters. The molecule has 0 aromatic carbocycles. The Morgan fingerprint density at radius 3 is 2.60 bits per heavy atom. The number of hydrogen-bond donors (Lipinski definition) is 2. The van der Waals surface area contributed by atoms with Gasteiger partial charge in [-0.15, -0.1) is 0 Å². The average Bonchev–Trinajstić information content (AvgIpc) is 3.56. The Morgan fingerprint density at radius 1 is 1.17 bits per heavy atom. The molecule has 11 nitrogen and oxygen atoms in total. The number of nitrogens with zero attached hydrogens (tertiary/aromatic N) is 7. The second-order valence-electron chi connectivity index (χ2n) is 8.10. The average molecular weight is 482 g/mol. The summed E-state index contributed by atoms with van der Waals surface area (Å²) < 4.78 is 31.6. The first-order chi connectivity index (χ1) is 16.7. The zero-order chi connectivity index (χ0) is 24.7. The van der Waals surface area contributed by atoms with Gasteiger partial charge < -0.3 is 19.8 Å². The molecule has 1 aliphatic heterocycles. The molecule has 5 rings (SSSR count). The van der Waals surface area contributed by atoms with Gasteiger partial charge in [0.25, 0.3) is 5.91 Å². The van der Waals surface area contributed by atoms with Crippen LogP contribution >= 0.6 is 0 Å². The lowest BCUT2D eigenvalue weighted by atomic mass is 9.98. The first-order valence-electron chi connectivity index (χ1n) is 10.6. The van der Waals surface area contributed by atoms with Gasteiger partial charge in [-0.2, -0.15) is 13.9 Å². The smallest absolute Gasteiger partial charge is 0.333 e. The van der Waals surface area contributed by atoms with Gasteiger partial charge in [0.15, 0.2) is 5.76 Å². The lowest BCUT2D eigenvalue weighted by molar-refractivity contribution is -0.144. The number of halogens is 2. The largest absolute Gasteiger partial charge is 0.373 e. The van der Waals surface area contributed by atoms with Crippen LogP contribution < -0.4 is 5.32 Å². The van der Waals surface area contributed by atoms with Crippen molar-refractivity contribution in [1.82, 2.24) is 34.8 Å². The molecule has 0 unspecified atom stereocenters. The van der Waals surface area contributed by atoms with E-state index in [1.54, 1.807) is 38.2 Å². The highest BCUT2D eigenvalue weighted by Crippen LogP contribution is 2.34. The van der Waals surface area contributed by atoms with Gasteiger partial charge in [-0.05, 0) is 25.1 Å². The second-order valence-corrected chi connectivity index (χ2v) is 8.10. The first-order valence-corrected chi connectivity index (χ1v) is 10.6. The molecule has 4 aromatic heterocycles. The Bertz CT molecular complexity index is 1400. The number of nitrogens with one attached hydrogen (secondary N) is 1. The van der Waals surface area contributed by atoms with Gasteiger partial charge in [-0.1, -0.05) is 11.2 Å². The molecule has 4 aromatic rings. The van der Waals surface area contributed by atoms with Crippen LogP contribution in [-0.2, 0) is 10.4 Å². The Balaban J connectivity index is 1.40. The number of carbonyl (C=O) groups is 1. The van der Waals surface area contributed by atoms with E-state index in [0.29, 0.717) is 45.4 Å². The van der Waals surface area contributed by atoms with Crippen LogP contribution in [0.1, 0.15) is 24.4 Å². The molecule has 0 radical (unpaired) electrons. The SMILES string of the molecule is Cc1nn(C(F)F)cc1Nc1nccc(-c2cccc(-c3cc([C@]4(O)CCN(C)C4=O)on3)n2)n1. The van der Waals surface area contributed by atoms with Crippen molar-refractivity contribution in [2.24, 2.45) is 0 Å². The summed E-state index contributed by atoms with van der Waals surface area (Å²) in [5.74, 6) is -0.207. The van der Waals surface area contributed by atoms with E-state index < -0.39 is 18.1 Å². The molecular weight excluding hydrogens is 462 g/mol. The molecule has 1 aliphatic rings. The molecule has 5 heterocycles. The molecule has 0 spiro atoms. The molecule has 180 valence electrons. The summed E-state index contributed by atoms with van der Waals surface area (Å²) in [6.07, 6.45) is 2.90. The van der Waals surface area contributed by atoms with Gasteiger partial charge >= 0.3 is 6.55 Å². The molecule has 1 fully saturated rings. The zero-order valence-corrected chi connectivity index (χ0v) is 18.7. The summed E-state index contributed by atoms with van der Waals surface area (Å²) in [6.45, 7) is -0.754. The normalized spacial score (nSPS) is 18.0. The third-order valence-corrected chi connectivity index (χ3v) is 5.72. The van der Waals surface area contributed by atoms with Crippen molar-refractivity contribution in [1.29, 1.82) is 0 Å². The van der Waals surface area contributed by atoms with Crippen molar-refractivity contribution in [3.63, 3.8) is 0 Å². The molecule has 2 N–H and O–H groups in total. The number of likely N-dealkylation sites (tertiary alicyclic amines) is 1. The number of anilines is 2. The van der Waals surface area contributed by atoms with E-state index >= 15 is 0 Å². The van der Waals surface area contributed by atoms with E-state index in [1.807, 2.05) is 0 Å². The van der Waals surface area contributed by atoms with Crippen molar-refractivity contribution >= 4 is 17.5 Å². The van der Waals surface area contributed by atoms with E-state index in [-0.39, 0.29) is 18.1 Å². The van der Waals surface area contributed by atoms with E-state index in [9.17, 15) is 18.7 Å². The van der Waals surface area contributed by atoms with Gasteiger partial charge in [-0.3, -0.25) is 4.79 Å². The summed E-state index contributed by atoms with van der Waals surface area (Å²) in [7, 11) is 1.61. The molecule has 35 heavy (non-hydrogen) atoms. The number of aromatic nitrogens is 6. The highest BCUT2D eigenvalue weighted by atomic mass is 19.3. The van der Waals surface area contributed by atoms with Crippen LogP contribution in [0, 0.1) is 6.92 Å². The van der Waals surface area contributed by atoms with Gasteiger partial charge in [0.1, 0.15) is 5.69 Å². The fourth-order valence-electron chi connectivity index (χ4n) is 3.78. The number of pyridine rings is 1. The summed E-state index contributed by atoms with van der Waals surface area (Å²) in [6, 6.07) is 8.34. The Morgan fingerprint density at radius 2 is 1.91 bits per heavy atom. The quantitative estimate of drug-likeness (QED) is 0.425. The summed E-state index contributed by atoms with van der Waals surface area (Å²) in [5.41, 5.74) is 0.730. The Kier molecular flexibility index (Phi) is 5.47. The van der Waals surface area contributed by atoms with Crippen LogP contribution in [0.4, 0.5) is 20.4 Å². The maximum absolute atomic E-state index is 12.9. The molecule has 0 bridgehead atoms. The third-order valence-electron chi connectivity index (χ3n) is 5.72. The highest BCUT2D eigenvalue weighted by molar-refractivity contribution is 5.87. The predicted molar refractivity (Wildman–Crippen MR) is 118 cm³/mol. The predicted octanol–water partition coefficient (Wildman–Crippen LogP) is 2.89. The van der Waals surface area contributed by atoms with Crippen molar-refractivity contribution in [3.8, 4) is 22.8 Å². The molecule has 0 saturated carbocycles.